The summed E-state index contributed by atoms with van der Waals surface area (Å²) in [7, 11) is 0. The van der Waals surface area contributed by atoms with E-state index >= 15 is 0 Å². The Morgan fingerprint density at radius 1 is 1.17 bits per heavy atom. The quantitative estimate of drug-likeness (QED) is 0.914. The lowest BCUT2D eigenvalue weighted by molar-refractivity contribution is -0.122. The van der Waals surface area contributed by atoms with Gasteiger partial charge in [0, 0.05) is 5.69 Å². The van der Waals surface area contributed by atoms with E-state index in [1.54, 1.807) is 31.2 Å². The lowest BCUT2D eigenvalue weighted by Gasteiger charge is -2.24. The molecule has 0 spiro atoms. The van der Waals surface area contributed by atoms with Crippen LogP contribution in [0.15, 0.2) is 48.5 Å². The van der Waals surface area contributed by atoms with Gasteiger partial charge in [0.1, 0.15) is 5.75 Å². The average Bonchev–Trinajstić information content (AvgIpc) is 2.54. The fraction of sp³-hybridized carbons (Fsp3) is 0.300. The highest BCUT2D eigenvalue weighted by Gasteiger charge is 2.21. The molecule has 24 heavy (non-hydrogen) atoms. The average molecular weight is 322 g/mol. The van der Waals surface area contributed by atoms with Crippen LogP contribution in [-0.4, -0.2) is 12.0 Å². The Bertz CT molecular complexity index is 770. The third-order valence-electron chi connectivity index (χ3n) is 3.64. The van der Waals surface area contributed by atoms with Crippen molar-refractivity contribution in [3.63, 3.8) is 0 Å². The summed E-state index contributed by atoms with van der Waals surface area (Å²) in [5.74, 6) is 0.273. The summed E-state index contributed by atoms with van der Waals surface area (Å²) in [6.45, 7) is 8.00. The monoisotopic (exact) mass is 322 g/mol. The van der Waals surface area contributed by atoms with Crippen molar-refractivity contribution in [1.29, 1.82) is 5.26 Å². The van der Waals surface area contributed by atoms with Crippen molar-refractivity contribution in [1.82, 2.24) is 0 Å². The summed E-state index contributed by atoms with van der Waals surface area (Å²) in [6, 6.07) is 16.6. The zero-order valence-electron chi connectivity index (χ0n) is 14.5. The van der Waals surface area contributed by atoms with Gasteiger partial charge in [-0.1, -0.05) is 45.0 Å². The van der Waals surface area contributed by atoms with E-state index in [0.717, 1.165) is 11.3 Å². The Labute approximate surface area is 143 Å². The molecule has 0 heterocycles. The Hall–Kier alpha value is -2.80. The Balaban J connectivity index is 2.11. The minimum absolute atomic E-state index is 0.0743. The summed E-state index contributed by atoms with van der Waals surface area (Å²) < 4.78 is 5.65. The summed E-state index contributed by atoms with van der Waals surface area (Å²) in [5, 5.41) is 11.9. The van der Waals surface area contributed by atoms with Gasteiger partial charge in [0.2, 0.25) is 0 Å². The molecule has 1 N–H and O–H groups in total. The van der Waals surface area contributed by atoms with Crippen LogP contribution >= 0.6 is 0 Å². The van der Waals surface area contributed by atoms with E-state index in [1.165, 1.54) is 0 Å². The number of nitrogens with zero attached hydrogens (tertiary/aromatic N) is 1. The van der Waals surface area contributed by atoms with Gasteiger partial charge in [-0.2, -0.15) is 5.26 Å². The first-order valence-corrected chi connectivity index (χ1v) is 7.88. The number of nitriles is 1. The second-order valence-corrected chi connectivity index (χ2v) is 6.68. The number of anilines is 1. The van der Waals surface area contributed by atoms with Crippen molar-refractivity contribution in [2.75, 3.05) is 5.32 Å². The molecule has 0 aliphatic heterocycles. The smallest absolute Gasteiger partial charge is 0.265 e. The Morgan fingerprint density at radius 2 is 1.88 bits per heavy atom. The third-order valence-corrected chi connectivity index (χ3v) is 3.64. The SMILES string of the molecule is CC(Oc1cccc(C#N)c1)C(=O)Nc1ccccc1C(C)(C)C. The molecule has 1 atom stereocenters. The first-order valence-electron chi connectivity index (χ1n) is 7.88. The lowest BCUT2D eigenvalue weighted by Crippen LogP contribution is -2.31. The maximum atomic E-state index is 12.4. The zero-order valence-corrected chi connectivity index (χ0v) is 14.5. The molecule has 1 amide bonds. The first kappa shape index (κ1) is 17.6. The molecule has 1 unspecified atom stereocenters. The van der Waals surface area contributed by atoms with Gasteiger partial charge in [0.05, 0.1) is 11.6 Å². The van der Waals surface area contributed by atoms with E-state index in [0.29, 0.717) is 11.3 Å². The van der Waals surface area contributed by atoms with Gasteiger partial charge in [-0.05, 0) is 42.2 Å². The number of carbonyl (C=O) groups excluding carboxylic acids is 1. The minimum atomic E-state index is -0.674. The van der Waals surface area contributed by atoms with Crippen molar-refractivity contribution in [3.05, 3.63) is 59.7 Å². The molecular formula is C20H22N2O2. The van der Waals surface area contributed by atoms with Crippen molar-refractivity contribution in [2.45, 2.75) is 39.2 Å². The Morgan fingerprint density at radius 3 is 2.54 bits per heavy atom. The first-order chi connectivity index (χ1) is 11.3. The van der Waals surface area contributed by atoms with Crippen LogP contribution in [0.5, 0.6) is 5.75 Å². The van der Waals surface area contributed by atoms with Crippen LogP contribution in [0.2, 0.25) is 0 Å². The van der Waals surface area contributed by atoms with E-state index in [2.05, 4.69) is 32.2 Å². The molecule has 124 valence electrons. The predicted octanol–water partition coefficient (Wildman–Crippen LogP) is 4.26. The molecule has 0 bridgehead atoms. The van der Waals surface area contributed by atoms with Crippen LogP contribution in [0.1, 0.15) is 38.8 Å². The summed E-state index contributed by atoms with van der Waals surface area (Å²) in [5.41, 5.74) is 2.28. The fourth-order valence-corrected chi connectivity index (χ4v) is 2.38. The van der Waals surface area contributed by atoms with E-state index in [1.807, 2.05) is 24.3 Å². The number of para-hydroxylation sites is 1. The molecule has 4 nitrogen and oxygen atoms in total. The van der Waals surface area contributed by atoms with Gasteiger partial charge in [-0.15, -0.1) is 0 Å². The second-order valence-electron chi connectivity index (χ2n) is 6.68. The summed E-state index contributed by atoms with van der Waals surface area (Å²) >= 11 is 0. The van der Waals surface area contributed by atoms with Crippen LogP contribution < -0.4 is 10.1 Å². The van der Waals surface area contributed by atoms with Gasteiger partial charge >= 0.3 is 0 Å². The molecule has 0 radical (unpaired) electrons. The lowest BCUT2D eigenvalue weighted by atomic mass is 9.86. The molecule has 0 saturated heterocycles. The summed E-state index contributed by atoms with van der Waals surface area (Å²) in [6.07, 6.45) is -0.674. The van der Waals surface area contributed by atoms with Crippen molar-refractivity contribution in [2.24, 2.45) is 0 Å². The highest BCUT2D eigenvalue weighted by Crippen LogP contribution is 2.29. The number of nitrogens with one attached hydrogen (secondary N) is 1. The molecule has 0 fully saturated rings. The van der Waals surface area contributed by atoms with Crippen molar-refractivity contribution < 1.29 is 9.53 Å². The summed E-state index contributed by atoms with van der Waals surface area (Å²) in [4.78, 5) is 12.4. The van der Waals surface area contributed by atoms with Crippen LogP contribution in [0.3, 0.4) is 0 Å². The number of amides is 1. The number of hydrogen-bond acceptors (Lipinski definition) is 3. The largest absolute Gasteiger partial charge is 0.481 e. The van der Waals surface area contributed by atoms with Gasteiger partial charge in [0.25, 0.3) is 5.91 Å². The number of carbonyl (C=O) groups is 1. The van der Waals surface area contributed by atoms with Gasteiger partial charge in [-0.3, -0.25) is 4.79 Å². The van der Waals surface area contributed by atoms with Crippen molar-refractivity contribution >= 4 is 11.6 Å². The number of ether oxygens (including phenoxy) is 1. The molecule has 2 aromatic carbocycles. The third kappa shape index (κ3) is 4.36. The maximum absolute atomic E-state index is 12.4. The molecule has 0 saturated carbocycles. The van der Waals surface area contributed by atoms with Crippen molar-refractivity contribution in [3.8, 4) is 11.8 Å². The molecule has 2 aromatic rings. The molecule has 2 rings (SSSR count). The zero-order chi connectivity index (χ0) is 17.7. The Kier molecular flexibility index (Phi) is 5.25. The minimum Gasteiger partial charge on any atom is -0.481 e. The predicted molar refractivity (Wildman–Crippen MR) is 95.0 cm³/mol. The van der Waals surface area contributed by atoms with E-state index in [9.17, 15) is 4.79 Å². The van der Waals surface area contributed by atoms with Gasteiger partial charge < -0.3 is 10.1 Å². The maximum Gasteiger partial charge on any atom is 0.265 e. The number of benzene rings is 2. The molecule has 0 aromatic heterocycles. The molecule has 0 aliphatic carbocycles. The fourth-order valence-electron chi connectivity index (χ4n) is 2.38. The van der Waals surface area contributed by atoms with Crippen LogP contribution in [0, 0.1) is 11.3 Å². The highest BCUT2D eigenvalue weighted by molar-refractivity contribution is 5.95. The standard InChI is InChI=1S/C20H22N2O2/c1-14(24-16-9-7-8-15(12-16)13-21)19(23)22-18-11-6-5-10-17(18)20(2,3)4/h5-12,14H,1-4H3,(H,22,23). The van der Waals surface area contributed by atoms with E-state index in [4.69, 9.17) is 10.00 Å². The van der Waals surface area contributed by atoms with Crippen LogP contribution in [0.25, 0.3) is 0 Å². The van der Waals surface area contributed by atoms with E-state index < -0.39 is 6.10 Å². The number of rotatable bonds is 4. The molecular weight excluding hydrogens is 300 g/mol. The molecule has 0 aliphatic rings. The number of hydrogen-bond donors (Lipinski definition) is 1. The van der Waals surface area contributed by atoms with Gasteiger partial charge in [-0.25, -0.2) is 0 Å². The normalized spacial score (nSPS) is 12.1. The van der Waals surface area contributed by atoms with Crippen LogP contribution in [0.4, 0.5) is 5.69 Å². The topological polar surface area (TPSA) is 62.1 Å². The van der Waals surface area contributed by atoms with Crippen LogP contribution in [-0.2, 0) is 10.2 Å². The van der Waals surface area contributed by atoms with E-state index in [-0.39, 0.29) is 11.3 Å². The highest BCUT2D eigenvalue weighted by atomic mass is 16.5. The second kappa shape index (κ2) is 7.18. The van der Waals surface area contributed by atoms with Gasteiger partial charge in [0.15, 0.2) is 6.10 Å². The molecule has 4 heteroatoms.